The lowest BCUT2D eigenvalue weighted by Crippen LogP contribution is -2.35. The van der Waals surface area contributed by atoms with Gasteiger partial charge in [-0.05, 0) is 55.2 Å². The van der Waals surface area contributed by atoms with Crippen molar-refractivity contribution in [2.45, 2.75) is 99.6 Å². The monoisotopic (exact) mass is 365 g/mol. The zero-order valence-corrected chi connectivity index (χ0v) is 19.0. The van der Waals surface area contributed by atoms with Crippen LogP contribution < -0.4 is 0 Å². The summed E-state index contributed by atoms with van der Waals surface area (Å²) in [4.78, 5) is 2.14. The minimum absolute atomic E-state index is 0.439. The van der Waals surface area contributed by atoms with E-state index in [9.17, 15) is 5.11 Å². The summed E-state index contributed by atoms with van der Waals surface area (Å²) in [6, 6.07) is 0. The predicted molar refractivity (Wildman–Crippen MR) is 117 cm³/mol. The third-order valence-corrected chi connectivity index (χ3v) is 5.03. The van der Waals surface area contributed by atoms with Gasteiger partial charge < -0.3 is 5.11 Å². The zero-order valence-electron chi connectivity index (χ0n) is 19.0. The Morgan fingerprint density at radius 1 is 0.923 bits per heavy atom. The molecule has 0 saturated carbocycles. The van der Waals surface area contributed by atoms with Crippen LogP contribution in [-0.4, -0.2) is 29.8 Å². The summed E-state index contributed by atoms with van der Waals surface area (Å²) in [5, 5.41) is 11.1. The average Bonchev–Trinajstić information content (AvgIpc) is 2.57. The molecule has 2 atom stereocenters. The van der Waals surface area contributed by atoms with Crippen LogP contribution in [0.1, 0.15) is 93.4 Å². The highest BCUT2D eigenvalue weighted by Gasteiger charge is 2.20. The lowest BCUT2D eigenvalue weighted by Gasteiger charge is -2.29. The Morgan fingerprint density at radius 2 is 1.54 bits per heavy atom. The van der Waals surface area contributed by atoms with E-state index in [4.69, 9.17) is 0 Å². The molecule has 1 N–H and O–H groups in total. The maximum Gasteiger partial charge on any atom is 0.133 e. The second kappa shape index (κ2) is 14.5. The van der Waals surface area contributed by atoms with Gasteiger partial charge in [0.05, 0.1) is 0 Å². The Hall–Kier alpha value is -0.600. The topological polar surface area (TPSA) is 23.5 Å². The highest BCUT2D eigenvalue weighted by molar-refractivity contribution is 5.34. The molecular formula is C24H47NO. The van der Waals surface area contributed by atoms with Crippen LogP contribution in [0.25, 0.3) is 0 Å². The van der Waals surface area contributed by atoms with Gasteiger partial charge >= 0.3 is 0 Å². The van der Waals surface area contributed by atoms with E-state index in [-0.39, 0.29) is 0 Å². The minimum Gasteiger partial charge on any atom is -0.374 e. The van der Waals surface area contributed by atoms with Crippen LogP contribution in [0, 0.1) is 17.8 Å². The van der Waals surface area contributed by atoms with Crippen molar-refractivity contribution in [3.05, 3.63) is 23.3 Å². The zero-order chi connectivity index (χ0) is 20.1. The lowest BCUT2D eigenvalue weighted by atomic mass is 9.93. The van der Waals surface area contributed by atoms with Crippen molar-refractivity contribution in [3.63, 3.8) is 0 Å². The van der Waals surface area contributed by atoms with E-state index in [2.05, 4.69) is 72.6 Å². The smallest absolute Gasteiger partial charge is 0.133 e. The second-order valence-corrected chi connectivity index (χ2v) is 8.61. The molecule has 0 aromatic rings. The molecule has 0 aliphatic carbocycles. The molecule has 0 saturated heterocycles. The lowest BCUT2D eigenvalue weighted by molar-refractivity contribution is 0.0516. The molecule has 2 nitrogen and oxygen atoms in total. The van der Waals surface area contributed by atoms with E-state index in [1.807, 2.05) is 0 Å². The van der Waals surface area contributed by atoms with Gasteiger partial charge in [-0.1, -0.05) is 86.3 Å². The Bertz CT molecular complexity index is 408. The van der Waals surface area contributed by atoms with Crippen LogP contribution in [-0.2, 0) is 0 Å². The van der Waals surface area contributed by atoms with Gasteiger partial charge in [-0.3, -0.25) is 4.90 Å². The van der Waals surface area contributed by atoms with E-state index in [1.165, 1.54) is 31.3 Å². The fourth-order valence-electron chi connectivity index (χ4n) is 3.66. The number of hydrogen-bond acceptors (Lipinski definition) is 2. The number of aliphatic hydroxyl groups is 1. The normalized spacial score (nSPS) is 16.0. The van der Waals surface area contributed by atoms with E-state index in [0.29, 0.717) is 11.8 Å². The van der Waals surface area contributed by atoms with Crippen molar-refractivity contribution in [1.29, 1.82) is 0 Å². The number of aliphatic hydroxyl groups excluding tert-OH is 1. The van der Waals surface area contributed by atoms with Gasteiger partial charge in [0.15, 0.2) is 0 Å². The van der Waals surface area contributed by atoms with Crippen molar-refractivity contribution in [1.82, 2.24) is 4.90 Å². The number of likely N-dealkylation sites (N-methyl/N-ethyl adjacent to an activating group) is 1. The molecule has 0 bridgehead atoms. The van der Waals surface area contributed by atoms with Gasteiger partial charge in [0.25, 0.3) is 0 Å². The number of hydrogen-bond donors (Lipinski definition) is 1. The molecule has 0 amide bonds. The molecule has 0 aliphatic rings. The summed E-state index contributed by atoms with van der Waals surface area (Å²) >= 11 is 0. The first-order valence-corrected chi connectivity index (χ1v) is 11.1. The van der Waals surface area contributed by atoms with Gasteiger partial charge in [0, 0.05) is 6.54 Å². The molecule has 0 aromatic heterocycles. The predicted octanol–water partition coefficient (Wildman–Crippen LogP) is 6.81. The van der Waals surface area contributed by atoms with Gasteiger partial charge in [0.1, 0.15) is 6.23 Å². The minimum atomic E-state index is -0.500. The van der Waals surface area contributed by atoms with Crippen LogP contribution in [0.2, 0.25) is 0 Å². The molecule has 0 spiro atoms. The average molecular weight is 366 g/mol. The van der Waals surface area contributed by atoms with E-state index in [1.54, 1.807) is 0 Å². The molecule has 2 unspecified atom stereocenters. The molecule has 0 rings (SSSR count). The van der Waals surface area contributed by atoms with Crippen molar-refractivity contribution in [2.75, 3.05) is 13.6 Å². The fraction of sp³-hybridized carbons (Fsp3) is 0.833. The summed E-state index contributed by atoms with van der Waals surface area (Å²) in [6.07, 6.45) is 12.6. The second-order valence-electron chi connectivity index (χ2n) is 8.61. The van der Waals surface area contributed by atoms with Gasteiger partial charge in [-0.15, -0.1) is 0 Å². The molecular weight excluding hydrogens is 318 g/mol. The van der Waals surface area contributed by atoms with E-state index >= 15 is 0 Å². The van der Waals surface area contributed by atoms with Crippen LogP contribution in [0.5, 0.6) is 0 Å². The van der Waals surface area contributed by atoms with Crippen molar-refractivity contribution in [2.24, 2.45) is 17.8 Å². The molecule has 0 aliphatic heterocycles. The van der Waals surface area contributed by atoms with Gasteiger partial charge in [-0.25, -0.2) is 0 Å². The molecule has 0 fully saturated rings. The highest BCUT2D eigenvalue weighted by Crippen LogP contribution is 2.25. The quantitative estimate of drug-likeness (QED) is 0.270. The standard InChI is InChI=1S/C24H47NO/c1-9-13-21(11-3)15-12-16-25(8)24(26)23(18-20(6)7)22(14-10-2)17-19(4)5/h17-21,24,26H,9-16H2,1-8H3/b22-17-,23-18+. The summed E-state index contributed by atoms with van der Waals surface area (Å²) in [5.41, 5.74) is 2.45. The summed E-state index contributed by atoms with van der Waals surface area (Å²) < 4.78 is 0. The molecule has 0 radical (unpaired) electrons. The Labute approximate surface area is 164 Å². The fourth-order valence-corrected chi connectivity index (χ4v) is 3.66. The first kappa shape index (κ1) is 25.4. The van der Waals surface area contributed by atoms with Gasteiger partial charge in [-0.2, -0.15) is 0 Å². The molecule has 26 heavy (non-hydrogen) atoms. The van der Waals surface area contributed by atoms with Crippen LogP contribution >= 0.6 is 0 Å². The van der Waals surface area contributed by atoms with Crippen molar-refractivity contribution >= 4 is 0 Å². The third-order valence-electron chi connectivity index (χ3n) is 5.03. The maximum absolute atomic E-state index is 11.1. The number of allylic oxidation sites excluding steroid dienone is 2. The molecule has 0 heterocycles. The Kier molecular flexibility index (Phi) is 14.1. The van der Waals surface area contributed by atoms with Crippen molar-refractivity contribution in [3.8, 4) is 0 Å². The maximum atomic E-state index is 11.1. The van der Waals surface area contributed by atoms with Gasteiger partial charge in [0.2, 0.25) is 0 Å². The molecule has 2 heteroatoms. The third kappa shape index (κ3) is 10.5. The Balaban J connectivity index is 5.09. The largest absolute Gasteiger partial charge is 0.374 e. The van der Waals surface area contributed by atoms with Crippen LogP contribution in [0.3, 0.4) is 0 Å². The molecule has 0 aromatic carbocycles. The highest BCUT2D eigenvalue weighted by atomic mass is 16.3. The molecule has 154 valence electrons. The summed E-state index contributed by atoms with van der Waals surface area (Å²) in [6.45, 7) is 16.6. The summed E-state index contributed by atoms with van der Waals surface area (Å²) in [7, 11) is 2.07. The SMILES string of the molecule is CCCC(=C/C(C)C)/C(=C\C(C)C)C(O)N(C)CCCC(CC)CCC. The first-order valence-electron chi connectivity index (χ1n) is 11.1. The van der Waals surface area contributed by atoms with Crippen molar-refractivity contribution < 1.29 is 5.11 Å². The number of rotatable bonds is 14. The van der Waals surface area contributed by atoms with Crippen LogP contribution in [0.15, 0.2) is 23.3 Å². The Morgan fingerprint density at radius 3 is 2.00 bits per heavy atom. The van der Waals surface area contributed by atoms with E-state index in [0.717, 1.165) is 37.3 Å². The van der Waals surface area contributed by atoms with Crippen LogP contribution in [0.4, 0.5) is 0 Å². The number of nitrogens with zero attached hydrogens (tertiary/aromatic N) is 1. The summed E-state index contributed by atoms with van der Waals surface area (Å²) in [5.74, 6) is 1.78. The van der Waals surface area contributed by atoms with E-state index < -0.39 is 6.23 Å². The first-order chi connectivity index (χ1) is 12.3.